The number of hydrogen-bond donors (Lipinski definition) is 10. The number of aliphatic carboxylic acids is 1. The molecule has 5 unspecified atom stereocenters. The lowest BCUT2D eigenvalue weighted by molar-refractivity contribution is -0.289. The first-order valence-electron chi connectivity index (χ1n) is 11.9. The van der Waals surface area contributed by atoms with Crippen LogP contribution in [-0.2, 0) is 32.7 Å². The van der Waals surface area contributed by atoms with Crippen LogP contribution in [-0.4, -0.2) is 130 Å². The Labute approximate surface area is 230 Å². The van der Waals surface area contributed by atoms with Crippen LogP contribution in [0.4, 0.5) is 5.82 Å². The van der Waals surface area contributed by atoms with Gasteiger partial charge in [0.25, 0.3) is 5.79 Å². The van der Waals surface area contributed by atoms with E-state index in [2.05, 4.69) is 10.3 Å². The highest BCUT2D eigenvalue weighted by Crippen LogP contribution is 2.51. The lowest BCUT2D eigenvalue weighted by atomic mass is 9.88. The third kappa shape index (κ3) is 7.25. The molecule has 1 aromatic rings. The van der Waals surface area contributed by atoms with Crippen molar-refractivity contribution in [3.8, 4) is 0 Å². The molecule has 0 aromatic carbocycles. The van der Waals surface area contributed by atoms with E-state index in [-0.39, 0.29) is 5.82 Å². The Morgan fingerprint density at radius 3 is 2.54 bits per heavy atom. The van der Waals surface area contributed by atoms with Crippen molar-refractivity contribution in [1.29, 1.82) is 0 Å². The van der Waals surface area contributed by atoms with Crippen LogP contribution >= 0.6 is 7.82 Å². The number of nitrogens with one attached hydrogen (secondary N) is 1. The number of nitrogens with two attached hydrogens (primary N) is 1. The number of anilines is 1. The van der Waals surface area contributed by atoms with Gasteiger partial charge in [0.15, 0.2) is 6.23 Å². The SMILES string of the molecule is CC(=O)N[C@@H]1C(O)C[C@@](OP(=O)(O)OC[C@H]2O[C@@H](n3ccc(N)nc3=O)C(O)C2O)(C(=O)O)OC1[C@H](O)[C@H](O)CO. The van der Waals surface area contributed by atoms with E-state index in [0.717, 1.165) is 17.7 Å². The van der Waals surface area contributed by atoms with Gasteiger partial charge in [-0.05, 0) is 6.07 Å². The zero-order valence-electron chi connectivity index (χ0n) is 21.2. The van der Waals surface area contributed by atoms with E-state index in [9.17, 15) is 59.6 Å². The van der Waals surface area contributed by atoms with Crippen LogP contribution < -0.4 is 16.7 Å². The summed E-state index contributed by atoms with van der Waals surface area (Å²) in [5.74, 6) is -6.20. The highest BCUT2D eigenvalue weighted by molar-refractivity contribution is 7.47. The number of aliphatic hydroxyl groups excluding tert-OH is 6. The minimum Gasteiger partial charge on any atom is -0.477 e. The number of aliphatic hydroxyl groups is 6. The molecule has 2 aliphatic rings. The van der Waals surface area contributed by atoms with E-state index in [1.54, 1.807) is 0 Å². The van der Waals surface area contributed by atoms with Crippen molar-refractivity contribution in [2.45, 2.75) is 74.1 Å². The number of phosphoric ester groups is 1. The van der Waals surface area contributed by atoms with E-state index in [4.69, 9.17) is 24.3 Å². The Morgan fingerprint density at radius 1 is 1.32 bits per heavy atom. The van der Waals surface area contributed by atoms with Crippen LogP contribution in [0.3, 0.4) is 0 Å². The smallest absolute Gasteiger partial charge is 0.475 e. The Kier molecular flexibility index (Phi) is 10.2. The molecule has 20 nitrogen and oxygen atoms in total. The maximum Gasteiger partial charge on any atom is 0.475 e. The predicted molar refractivity (Wildman–Crippen MR) is 128 cm³/mol. The molecule has 2 saturated heterocycles. The Morgan fingerprint density at radius 2 is 1.98 bits per heavy atom. The third-order valence-electron chi connectivity index (χ3n) is 6.31. The minimum absolute atomic E-state index is 0.135. The van der Waals surface area contributed by atoms with Gasteiger partial charge < -0.3 is 61.2 Å². The van der Waals surface area contributed by atoms with Crippen molar-refractivity contribution in [1.82, 2.24) is 14.9 Å². The van der Waals surface area contributed by atoms with Gasteiger partial charge in [-0.25, -0.2) is 18.7 Å². The summed E-state index contributed by atoms with van der Waals surface area (Å²) in [4.78, 5) is 49.6. The van der Waals surface area contributed by atoms with Crippen molar-refractivity contribution in [2.75, 3.05) is 18.9 Å². The molecule has 0 saturated carbocycles. The summed E-state index contributed by atoms with van der Waals surface area (Å²) in [7, 11) is -5.52. The largest absolute Gasteiger partial charge is 0.477 e. The second-order valence-electron chi connectivity index (χ2n) is 9.32. The number of carboxylic acid groups (broad SMARTS) is 1. The molecular formula is C20H31N4O16P. The maximum atomic E-state index is 12.8. The van der Waals surface area contributed by atoms with Crippen LogP contribution in [0.15, 0.2) is 17.1 Å². The van der Waals surface area contributed by atoms with Crippen LogP contribution in [0.5, 0.6) is 0 Å². The lowest BCUT2D eigenvalue weighted by Gasteiger charge is -2.46. The number of carboxylic acids is 1. The molecule has 0 bridgehead atoms. The summed E-state index contributed by atoms with van der Waals surface area (Å²) >= 11 is 0. The summed E-state index contributed by atoms with van der Waals surface area (Å²) in [6.45, 7) is -1.05. The zero-order chi connectivity index (χ0) is 30.9. The van der Waals surface area contributed by atoms with Crippen LogP contribution in [0, 0.1) is 0 Å². The topological polar surface area (TPSA) is 323 Å². The summed E-state index contributed by atoms with van der Waals surface area (Å²) in [6, 6.07) is -0.362. The first-order valence-corrected chi connectivity index (χ1v) is 13.4. The number of nitrogens with zero attached hydrogens (tertiary/aromatic N) is 2. The number of ether oxygens (including phenoxy) is 2. The van der Waals surface area contributed by atoms with Crippen LogP contribution in [0.25, 0.3) is 0 Å². The van der Waals surface area contributed by atoms with Gasteiger partial charge in [-0.2, -0.15) is 4.98 Å². The molecule has 41 heavy (non-hydrogen) atoms. The molecule has 2 aliphatic heterocycles. The highest BCUT2D eigenvalue weighted by atomic mass is 31.2. The van der Waals surface area contributed by atoms with Gasteiger partial charge in [-0.15, -0.1) is 0 Å². The normalized spacial score (nSPS) is 34.9. The molecule has 3 rings (SSSR count). The lowest BCUT2D eigenvalue weighted by Crippen LogP contribution is -2.67. The van der Waals surface area contributed by atoms with E-state index in [1.807, 2.05) is 0 Å². The fourth-order valence-electron chi connectivity index (χ4n) is 4.32. The predicted octanol–water partition coefficient (Wildman–Crippen LogP) is -5.27. The van der Waals surface area contributed by atoms with E-state index in [0.29, 0.717) is 0 Å². The van der Waals surface area contributed by atoms with Gasteiger partial charge in [-0.3, -0.25) is 13.9 Å². The molecule has 21 heteroatoms. The number of rotatable bonds is 11. The van der Waals surface area contributed by atoms with Gasteiger partial charge in [0.05, 0.1) is 25.4 Å². The van der Waals surface area contributed by atoms with Gasteiger partial charge in [0.2, 0.25) is 5.91 Å². The number of carbonyl (C=O) groups excluding carboxylic acids is 1. The molecule has 1 amide bonds. The van der Waals surface area contributed by atoms with Crippen molar-refractivity contribution < 1.29 is 73.3 Å². The fraction of sp³-hybridized carbons (Fsp3) is 0.700. The third-order valence-corrected chi connectivity index (χ3v) is 7.32. The van der Waals surface area contributed by atoms with Crippen LogP contribution in [0.2, 0.25) is 0 Å². The van der Waals surface area contributed by atoms with Gasteiger partial charge in [-0.1, -0.05) is 0 Å². The molecule has 0 aliphatic carbocycles. The molecule has 3 heterocycles. The average molecular weight is 614 g/mol. The molecular weight excluding hydrogens is 583 g/mol. The number of hydrogen-bond acceptors (Lipinski definition) is 16. The molecule has 11 atom stereocenters. The van der Waals surface area contributed by atoms with Crippen molar-refractivity contribution in [3.63, 3.8) is 0 Å². The van der Waals surface area contributed by atoms with Crippen molar-refractivity contribution in [2.24, 2.45) is 0 Å². The quantitative estimate of drug-likeness (QED) is 0.104. The summed E-state index contributed by atoms with van der Waals surface area (Å²) in [5, 5.41) is 72.7. The number of phosphoric acid groups is 1. The molecule has 1 aromatic heterocycles. The van der Waals surface area contributed by atoms with Gasteiger partial charge >= 0.3 is 19.5 Å². The second-order valence-corrected chi connectivity index (χ2v) is 10.7. The molecule has 0 radical (unpaired) electrons. The highest BCUT2D eigenvalue weighted by Gasteiger charge is 2.59. The number of amides is 1. The van der Waals surface area contributed by atoms with E-state index < -0.39 is 106 Å². The summed E-state index contributed by atoms with van der Waals surface area (Å²) < 4.78 is 33.7. The molecule has 2 fully saturated rings. The maximum absolute atomic E-state index is 12.8. The van der Waals surface area contributed by atoms with Gasteiger partial charge in [0.1, 0.15) is 42.4 Å². The molecule has 0 spiro atoms. The Balaban J connectivity index is 1.79. The minimum atomic E-state index is -5.52. The standard InChI is InChI=1S/C20H31N4O16P/c1-7(26)22-12-8(27)4-20(18(32)33,39-16(12)13(29)9(28)5-25)40-41(35,36)37-6-10-14(30)15(31)17(38-10)24-3-2-11(21)23-19(24)34/h2-3,8-10,12-17,25,27-31H,4-6H2,1H3,(H,22,26)(H,32,33)(H,35,36)(H2,21,23,34)/t8?,9-,10-,12-,13-,14?,15?,16?,17-,20-/m1/s1. The zero-order valence-corrected chi connectivity index (χ0v) is 22.1. The summed E-state index contributed by atoms with van der Waals surface area (Å²) in [6.07, 6.45) is -14.6. The van der Waals surface area contributed by atoms with Crippen molar-refractivity contribution >= 4 is 25.5 Å². The summed E-state index contributed by atoms with van der Waals surface area (Å²) in [5.41, 5.74) is 4.46. The number of aromatic nitrogens is 2. The number of carbonyl (C=O) groups is 2. The van der Waals surface area contributed by atoms with Crippen molar-refractivity contribution in [3.05, 3.63) is 22.7 Å². The second kappa shape index (κ2) is 12.7. The van der Waals surface area contributed by atoms with E-state index in [1.165, 1.54) is 6.07 Å². The van der Waals surface area contributed by atoms with E-state index >= 15 is 0 Å². The molecule has 232 valence electrons. The first kappa shape index (κ1) is 32.9. The van der Waals surface area contributed by atoms with Gasteiger partial charge in [0, 0.05) is 19.5 Å². The Bertz CT molecular complexity index is 1220. The molecule has 11 N–H and O–H groups in total. The Hall–Kier alpha value is -2.59. The average Bonchev–Trinajstić information content (AvgIpc) is 3.16. The fourth-order valence-corrected chi connectivity index (χ4v) is 5.27. The number of nitrogen functional groups attached to an aromatic ring is 1. The monoisotopic (exact) mass is 614 g/mol. The first-order chi connectivity index (χ1) is 19.0. The van der Waals surface area contributed by atoms with Crippen LogP contribution in [0.1, 0.15) is 19.6 Å².